The molecule has 3 aliphatic heterocycles. The standard InChI is InChI=1S/C13H22N4O7S/c1-13(2)7-14-5-10(13)23-15-11(18)9-4-3-8-6-16(9)12(19)17(8)24-25(20,21)22/h8-10,14H,3-7H2,1-2H3,(H,15,18)(H,20,21,22). The summed E-state index contributed by atoms with van der Waals surface area (Å²) in [5.41, 5.74) is 2.29. The summed E-state index contributed by atoms with van der Waals surface area (Å²) in [6, 6.07) is -2.09. The summed E-state index contributed by atoms with van der Waals surface area (Å²) in [7, 11) is -4.80. The molecule has 0 radical (unpaired) electrons. The molecule has 0 aliphatic carbocycles. The summed E-state index contributed by atoms with van der Waals surface area (Å²) in [6.07, 6.45) is 0.511. The van der Waals surface area contributed by atoms with Crippen LogP contribution in [0, 0.1) is 5.41 Å². The first kappa shape index (κ1) is 18.3. The highest BCUT2D eigenvalue weighted by atomic mass is 32.3. The van der Waals surface area contributed by atoms with E-state index in [1.54, 1.807) is 0 Å². The first-order valence-electron chi connectivity index (χ1n) is 8.01. The van der Waals surface area contributed by atoms with Gasteiger partial charge >= 0.3 is 16.4 Å². The van der Waals surface area contributed by atoms with Gasteiger partial charge in [-0.15, -0.1) is 4.28 Å². The zero-order valence-electron chi connectivity index (χ0n) is 14.0. The summed E-state index contributed by atoms with van der Waals surface area (Å²) in [6.45, 7) is 5.56. The molecule has 3 N–H and O–H groups in total. The monoisotopic (exact) mass is 378 g/mol. The fourth-order valence-electron chi connectivity index (χ4n) is 3.42. The first-order chi connectivity index (χ1) is 11.6. The number of rotatable bonds is 5. The number of hydroxylamine groups is 3. The summed E-state index contributed by atoms with van der Waals surface area (Å²) in [5.74, 6) is -0.469. The third-order valence-corrected chi connectivity index (χ3v) is 5.23. The topological polar surface area (TPSA) is 138 Å². The Kier molecular flexibility index (Phi) is 4.66. The van der Waals surface area contributed by atoms with E-state index in [0.29, 0.717) is 24.4 Å². The Morgan fingerprint density at radius 3 is 2.72 bits per heavy atom. The van der Waals surface area contributed by atoms with Crippen LogP contribution < -0.4 is 10.8 Å². The van der Waals surface area contributed by atoms with Gasteiger partial charge in [-0.1, -0.05) is 13.8 Å². The van der Waals surface area contributed by atoms with Crippen LogP contribution in [0.25, 0.3) is 0 Å². The van der Waals surface area contributed by atoms with Gasteiger partial charge in [0.15, 0.2) is 0 Å². The quantitative estimate of drug-likeness (QED) is 0.411. The molecule has 3 rings (SSSR count). The Hall–Kier alpha value is -1.47. The van der Waals surface area contributed by atoms with Crippen molar-refractivity contribution in [3.05, 3.63) is 0 Å². The summed E-state index contributed by atoms with van der Waals surface area (Å²) in [5, 5.41) is 3.79. The maximum Gasteiger partial charge on any atom is 0.418 e. The Morgan fingerprint density at radius 1 is 1.40 bits per heavy atom. The SMILES string of the molecule is CC1(C)CNCC1ONC(=O)C1CCC2CN1C(=O)N2OS(=O)(=O)O. The fourth-order valence-corrected chi connectivity index (χ4v) is 3.81. The molecule has 3 saturated heterocycles. The van der Waals surface area contributed by atoms with Crippen LogP contribution in [0.15, 0.2) is 0 Å². The van der Waals surface area contributed by atoms with E-state index in [9.17, 15) is 18.0 Å². The Balaban J connectivity index is 1.61. The lowest BCUT2D eigenvalue weighted by atomic mass is 9.90. The van der Waals surface area contributed by atoms with E-state index in [4.69, 9.17) is 9.39 Å². The second kappa shape index (κ2) is 6.36. The number of nitrogens with zero attached hydrogens (tertiary/aromatic N) is 2. The minimum atomic E-state index is -4.80. The van der Waals surface area contributed by atoms with Crippen molar-refractivity contribution in [2.75, 3.05) is 19.6 Å². The van der Waals surface area contributed by atoms with Gasteiger partial charge in [0, 0.05) is 25.0 Å². The molecular weight excluding hydrogens is 356 g/mol. The molecule has 0 spiro atoms. The lowest BCUT2D eigenvalue weighted by Gasteiger charge is -2.30. The minimum Gasteiger partial charge on any atom is -0.313 e. The average molecular weight is 378 g/mol. The molecule has 0 aromatic carbocycles. The van der Waals surface area contributed by atoms with Crippen LogP contribution in [0.1, 0.15) is 26.7 Å². The van der Waals surface area contributed by atoms with Crippen molar-refractivity contribution >= 4 is 22.3 Å². The smallest absolute Gasteiger partial charge is 0.313 e. The number of urea groups is 1. The molecule has 142 valence electrons. The molecule has 12 heteroatoms. The predicted molar refractivity (Wildman–Crippen MR) is 83.1 cm³/mol. The largest absolute Gasteiger partial charge is 0.418 e. The average Bonchev–Trinajstić information content (AvgIpc) is 2.96. The highest BCUT2D eigenvalue weighted by molar-refractivity contribution is 7.80. The van der Waals surface area contributed by atoms with Crippen molar-refractivity contribution in [1.82, 2.24) is 20.8 Å². The molecule has 3 heterocycles. The van der Waals surface area contributed by atoms with Gasteiger partial charge in [0.1, 0.15) is 12.1 Å². The fraction of sp³-hybridized carbons (Fsp3) is 0.846. The number of hydrogen-bond donors (Lipinski definition) is 3. The van der Waals surface area contributed by atoms with E-state index >= 15 is 0 Å². The number of amides is 3. The summed E-state index contributed by atoms with van der Waals surface area (Å²) >= 11 is 0. The highest BCUT2D eigenvalue weighted by Crippen LogP contribution is 2.31. The number of carbonyl (C=O) groups excluding carboxylic acids is 2. The van der Waals surface area contributed by atoms with Crippen LogP contribution in [0.5, 0.6) is 0 Å². The third kappa shape index (κ3) is 3.72. The van der Waals surface area contributed by atoms with E-state index in [-0.39, 0.29) is 18.1 Å². The van der Waals surface area contributed by atoms with E-state index in [1.165, 1.54) is 4.90 Å². The highest BCUT2D eigenvalue weighted by Gasteiger charge is 2.49. The van der Waals surface area contributed by atoms with Crippen LogP contribution in [-0.4, -0.2) is 72.7 Å². The predicted octanol–water partition coefficient (Wildman–Crippen LogP) is -0.965. The molecule has 3 atom stereocenters. The van der Waals surface area contributed by atoms with Crippen molar-refractivity contribution in [3.8, 4) is 0 Å². The Morgan fingerprint density at radius 2 is 2.12 bits per heavy atom. The van der Waals surface area contributed by atoms with Crippen molar-refractivity contribution in [1.29, 1.82) is 0 Å². The van der Waals surface area contributed by atoms with Crippen LogP contribution >= 0.6 is 0 Å². The van der Waals surface area contributed by atoms with E-state index < -0.39 is 34.4 Å². The molecule has 0 aromatic heterocycles. The molecule has 3 amide bonds. The molecule has 0 aromatic rings. The van der Waals surface area contributed by atoms with Gasteiger partial charge < -0.3 is 10.2 Å². The van der Waals surface area contributed by atoms with E-state index in [1.807, 2.05) is 13.8 Å². The molecular formula is C13H22N4O7S. The van der Waals surface area contributed by atoms with Gasteiger partial charge in [0.25, 0.3) is 5.91 Å². The summed E-state index contributed by atoms with van der Waals surface area (Å²) in [4.78, 5) is 31.4. The zero-order valence-corrected chi connectivity index (χ0v) is 14.8. The molecule has 3 fully saturated rings. The normalized spacial score (nSPS) is 31.5. The maximum absolute atomic E-state index is 12.4. The van der Waals surface area contributed by atoms with Gasteiger partial charge in [-0.05, 0) is 12.8 Å². The van der Waals surface area contributed by atoms with Gasteiger partial charge in [-0.3, -0.25) is 14.2 Å². The third-order valence-electron chi connectivity index (χ3n) is 4.88. The lowest BCUT2D eigenvalue weighted by molar-refractivity contribution is -0.147. The first-order valence-corrected chi connectivity index (χ1v) is 9.38. The van der Waals surface area contributed by atoms with E-state index in [2.05, 4.69) is 15.1 Å². The molecule has 2 bridgehead atoms. The van der Waals surface area contributed by atoms with Crippen LogP contribution in [-0.2, 0) is 24.3 Å². The zero-order chi connectivity index (χ0) is 18.4. The summed E-state index contributed by atoms with van der Waals surface area (Å²) < 4.78 is 34.8. The van der Waals surface area contributed by atoms with Gasteiger partial charge in [-0.2, -0.15) is 13.5 Å². The van der Waals surface area contributed by atoms with Gasteiger partial charge in [0.05, 0.1) is 6.04 Å². The number of carbonyl (C=O) groups is 2. The minimum absolute atomic E-state index is 0.130. The number of piperidine rings is 1. The number of hydrogen-bond acceptors (Lipinski definition) is 7. The lowest BCUT2D eigenvalue weighted by Crippen LogP contribution is -2.51. The van der Waals surface area contributed by atoms with Crippen molar-refractivity contribution in [2.45, 2.75) is 44.9 Å². The van der Waals surface area contributed by atoms with Crippen LogP contribution in [0.2, 0.25) is 0 Å². The number of fused-ring (bicyclic) bond motifs is 2. The van der Waals surface area contributed by atoms with Gasteiger partial charge in [0.2, 0.25) is 0 Å². The Labute approximate surface area is 145 Å². The van der Waals surface area contributed by atoms with Gasteiger partial charge in [-0.25, -0.2) is 10.3 Å². The molecule has 3 unspecified atom stereocenters. The Bertz CT molecular complexity index is 667. The molecule has 3 aliphatic rings. The number of nitrogens with one attached hydrogen (secondary N) is 2. The van der Waals surface area contributed by atoms with E-state index in [0.717, 1.165) is 6.54 Å². The van der Waals surface area contributed by atoms with Crippen LogP contribution in [0.3, 0.4) is 0 Å². The molecule has 25 heavy (non-hydrogen) atoms. The van der Waals surface area contributed by atoms with Crippen molar-refractivity contribution < 1.29 is 31.7 Å². The molecule has 0 saturated carbocycles. The van der Waals surface area contributed by atoms with Crippen molar-refractivity contribution in [2.24, 2.45) is 5.41 Å². The second-order valence-corrected chi connectivity index (χ2v) is 8.21. The van der Waals surface area contributed by atoms with Crippen molar-refractivity contribution in [3.63, 3.8) is 0 Å². The molecule has 11 nitrogen and oxygen atoms in total. The van der Waals surface area contributed by atoms with Crippen LogP contribution in [0.4, 0.5) is 4.79 Å². The second-order valence-electron chi connectivity index (χ2n) is 7.20. The maximum atomic E-state index is 12.4.